The number of hydrogen-bond acceptors (Lipinski definition) is 2. The predicted octanol–water partition coefficient (Wildman–Crippen LogP) is 2.87. The van der Waals surface area contributed by atoms with Crippen LogP contribution in [0.3, 0.4) is 0 Å². The van der Waals surface area contributed by atoms with E-state index in [0.29, 0.717) is 18.5 Å². The van der Waals surface area contributed by atoms with Crippen molar-refractivity contribution < 1.29 is 14.7 Å². The summed E-state index contributed by atoms with van der Waals surface area (Å²) < 4.78 is 0. The van der Waals surface area contributed by atoms with Crippen LogP contribution in [-0.2, 0) is 11.2 Å². The van der Waals surface area contributed by atoms with Gasteiger partial charge in [-0.15, -0.1) is 0 Å². The number of carboxylic acid groups (broad SMARTS) is 1. The fraction of sp³-hybridized carbons (Fsp3) is 0.529. The van der Waals surface area contributed by atoms with Crippen LogP contribution >= 0.6 is 0 Å². The normalized spacial score (nSPS) is 21.8. The molecule has 0 aliphatic heterocycles. The van der Waals surface area contributed by atoms with Gasteiger partial charge in [0, 0.05) is 12.5 Å². The van der Waals surface area contributed by atoms with Crippen molar-refractivity contribution >= 4 is 11.9 Å². The Balaban J connectivity index is 1.77. The zero-order chi connectivity index (χ0) is 15.2. The van der Waals surface area contributed by atoms with Gasteiger partial charge in [0.25, 0.3) is 0 Å². The molecule has 0 spiro atoms. The van der Waals surface area contributed by atoms with Gasteiger partial charge in [0.05, 0.1) is 5.56 Å². The maximum atomic E-state index is 12.1. The molecule has 0 heterocycles. The van der Waals surface area contributed by atoms with Crippen LogP contribution in [0.15, 0.2) is 24.3 Å². The lowest BCUT2D eigenvalue weighted by Gasteiger charge is -2.25. The minimum absolute atomic E-state index is 0.149. The number of carboxylic acids is 1. The van der Waals surface area contributed by atoms with Crippen molar-refractivity contribution in [1.29, 1.82) is 0 Å². The van der Waals surface area contributed by atoms with E-state index in [1.165, 1.54) is 0 Å². The van der Waals surface area contributed by atoms with E-state index in [4.69, 9.17) is 5.11 Å². The van der Waals surface area contributed by atoms with E-state index in [1.807, 2.05) is 6.07 Å². The van der Waals surface area contributed by atoms with Crippen molar-refractivity contribution in [1.82, 2.24) is 5.32 Å². The molecular formula is C17H23NO3. The smallest absolute Gasteiger partial charge is 0.335 e. The van der Waals surface area contributed by atoms with Gasteiger partial charge in [0.15, 0.2) is 0 Å². The lowest BCUT2D eigenvalue weighted by molar-refractivity contribution is -0.126. The molecule has 0 aromatic heterocycles. The molecule has 1 aliphatic rings. The number of carbonyl (C=O) groups is 2. The fourth-order valence-corrected chi connectivity index (χ4v) is 2.86. The third-order valence-electron chi connectivity index (χ3n) is 4.27. The first-order chi connectivity index (χ1) is 10.1. The first kappa shape index (κ1) is 15.5. The second-order valence-electron chi connectivity index (χ2n) is 6.00. The molecule has 4 nitrogen and oxygen atoms in total. The Morgan fingerprint density at radius 2 is 1.95 bits per heavy atom. The van der Waals surface area contributed by atoms with E-state index in [9.17, 15) is 9.59 Å². The van der Waals surface area contributed by atoms with Gasteiger partial charge in [-0.1, -0.05) is 19.1 Å². The van der Waals surface area contributed by atoms with Crippen LogP contribution in [0.4, 0.5) is 0 Å². The number of carbonyl (C=O) groups excluding carboxylic acids is 1. The van der Waals surface area contributed by atoms with Crippen LogP contribution in [-0.4, -0.2) is 23.5 Å². The molecule has 1 fully saturated rings. The number of rotatable bonds is 5. The average molecular weight is 289 g/mol. The Bertz CT molecular complexity index is 505. The molecule has 1 saturated carbocycles. The van der Waals surface area contributed by atoms with Crippen molar-refractivity contribution in [2.24, 2.45) is 11.8 Å². The lowest BCUT2D eigenvalue weighted by Crippen LogP contribution is -2.34. The molecule has 2 rings (SSSR count). The molecule has 0 unspecified atom stereocenters. The first-order valence-electron chi connectivity index (χ1n) is 7.66. The van der Waals surface area contributed by atoms with Gasteiger partial charge in [0.2, 0.25) is 5.91 Å². The summed E-state index contributed by atoms with van der Waals surface area (Å²) in [6, 6.07) is 6.87. The number of hydrogen-bond donors (Lipinski definition) is 2. The van der Waals surface area contributed by atoms with Crippen LogP contribution in [0.1, 0.15) is 48.5 Å². The summed E-state index contributed by atoms with van der Waals surface area (Å²) in [5.74, 6) is 0.132. The van der Waals surface area contributed by atoms with Crippen molar-refractivity contribution in [2.45, 2.75) is 39.0 Å². The Hall–Kier alpha value is -1.84. The SMILES string of the molecule is CC1CCC(C(=O)NCCc2cccc(C(=O)O)c2)CC1. The summed E-state index contributed by atoms with van der Waals surface area (Å²) in [5.41, 5.74) is 1.23. The number of amides is 1. The van der Waals surface area contributed by atoms with Gasteiger partial charge < -0.3 is 10.4 Å². The second kappa shape index (κ2) is 7.25. The molecule has 0 saturated heterocycles. The van der Waals surface area contributed by atoms with Gasteiger partial charge >= 0.3 is 5.97 Å². The molecule has 1 aromatic rings. The number of aromatic carboxylic acids is 1. The fourth-order valence-electron chi connectivity index (χ4n) is 2.86. The Morgan fingerprint density at radius 3 is 2.62 bits per heavy atom. The van der Waals surface area contributed by atoms with Crippen LogP contribution in [0.2, 0.25) is 0 Å². The Kier molecular flexibility index (Phi) is 5.37. The van der Waals surface area contributed by atoms with Crippen LogP contribution < -0.4 is 5.32 Å². The first-order valence-corrected chi connectivity index (χ1v) is 7.66. The number of benzene rings is 1. The molecule has 0 bridgehead atoms. The quantitative estimate of drug-likeness (QED) is 0.876. The van der Waals surface area contributed by atoms with E-state index in [2.05, 4.69) is 12.2 Å². The molecule has 4 heteroatoms. The van der Waals surface area contributed by atoms with Gasteiger partial charge in [0.1, 0.15) is 0 Å². The monoisotopic (exact) mass is 289 g/mol. The summed E-state index contributed by atoms with van der Waals surface area (Å²) in [7, 11) is 0. The molecule has 1 amide bonds. The number of nitrogens with one attached hydrogen (secondary N) is 1. The summed E-state index contributed by atoms with van der Waals surface area (Å²) >= 11 is 0. The highest BCUT2D eigenvalue weighted by Crippen LogP contribution is 2.28. The topological polar surface area (TPSA) is 66.4 Å². The van der Waals surface area contributed by atoms with Crippen LogP contribution in [0, 0.1) is 11.8 Å². The summed E-state index contributed by atoms with van der Waals surface area (Å²) in [4.78, 5) is 23.0. The Labute approximate surface area is 125 Å². The van der Waals surface area contributed by atoms with Crippen molar-refractivity contribution in [3.63, 3.8) is 0 Å². The summed E-state index contributed by atoms with van der Waals surface area (Å²) in [5, 5.41) is 11.9. The standard InChI is InChI=1S/C17H23NO3/c1-12-5-7-14(8-6-12)16(19)18-10-9-13-3-2-4-15(11-13)17(20)21/h2-4,11-12,14H,5-10H2,1H3,(H,18,19)(H,20,21). The molecule has 21 heavy (non-hydrogen) atoms. The lowest BCUT2D eigenvalue weighted by atomic mass is 9.82. The highest BCUT2D eigenvalue weighted by atomic mass is 16.4. The van der Waals surface area contributed by atoms with Gasteiger partial charge in [-0.3, -0.25) is 4.79 Å². The minimum atomic E-state index is -0.919. The highest BCUT2D eigenvalue weighted by Gasteiger charge is 2.23. The van der Waals surface area contributed by atoms with Crippen molar-refractivity contribution in [3.8, 4) is 0 Å². The molecule has 1 aliphatic carbocycles. The zero-order valence-corrected chi connectivity index (χ0v) is 12.5. The van der Waals surface area contributed by atoms with Gasteiger partial charge in [-0.2, -0.15) is 0 Å². The highest BCUT2D eigenvalue weighted by molar-refractivity contribution is 5.87. The molecule has 1 aromatic carbocycles. The van der Waals surface area contributed by atoms with Gasteiger partial charge in [-0.05, 0) is 55.7 Å². The maximum Gasteiger partial charge on any atom is 0.335 e. The molecular weight excluding hydrogens is 266 g/mol. The van der Waals surface area contributed by atoms with Crippen molar-refractivity contribution in [2.75, 3.05) is 6.54 Å². The van der Waals surface area contributed by atoms with E-state index in [0.717, 1.165) is 37.2 Å². The zero-order valence-electron chi connectivity index (χ0n) is 12.5. The van der Waals surface area contributed by atoms with E-state index >= 15 is 0 Å². The summed E-state index contributed by atoms with van der Waals surface area (Å²) in [6.07, 6.45) is 4.91. The second-order valence-corrected chi connectivity index (χ2v) is 6.00. The minimum Gasteiger partial charge on any atom is -0.478 e. The van der Waals surface area contributed by atoms with Crippen LogP contribution in [0.25, 0.3) is 0 Å². The van der Waals surface area contributed by atoms with Gasteiger partial charge in [-0.25, -0.2) is 4.79 Å². The third-order valence-corrected chi connectivity index (χ3v) is 4.27. The van der Waals surface area contributed by atoms with Crippen LogP contribution in [0.5, 0.6) is 0 Å². The Morgan fingerprint density at radius 1 is 1.24 bits per heavy atom. The third kappa shape index (κ3) is 4.59. The molecule has 0 radical (unpaired) electrons. The predicted molar refractivity (Wildman–Crippen MR) is 81.2 cm³/mol. The average Bonchev–Trinajstić information content (AvgIpc) is 2.48. The van der Waals surface area contributed by atoms with E-state index in [-0.39, 0.29) is 11.8 Å². The molecule has 114 valence electrons. The molecule has 2 N–H and O–H groups in total. The molecule has 0 atom stereocenters. The maximum absolute atomic E-state index is 12.1. The summed E-state index contributed by atoms with van der Waals surface area (Å²) in [6.45, 7) is 2.80. The largest absolute Gasteiger partial charge is 0.478 e. The van der Waals surface area contributed by atoms with E-state index in [1.54, 1.807) is 18.2 Å². The van der Waals surface area contributed by atoms with E-state index < -0.39 is 5.97 Å². The van der Waals surface area contributed by atoms with Crippen molar-refractivity contribution in [3.05, 3.63) is 35.4 Å².